The summed E-state index contributed by atoms with van der Waals surface area (Å²) >= 11 is 0. The molecular formula is C10H25IN4. The summed E-state index contributed by atoms with van der Waals surface area (Å²) in [6.45, 7) is 6.41. The van der Waals surface area contributed by atoms with Crippen molar-refractivity contribution < 1.29 is 0 Å². The largest absolute Gasteiger partial charge is 0.359 e. The number of likely N-dealkylation sites (N-methyl/N-ethyl adjacent to an activating group) is 1. The summed E-state index contributed by atoms with van der Waals surface area (Å²) in [6.07, 6.45) is 1.19. The molecule has 1 atom stereocenters. The van der Waals surface area contributed by atoms with Crippen molar-refractivity contribution in [3.05, 3.63) is 0 Å². The third-order valence-electron chi connectivity index (χ3n) is 2.56. The van der Waals surface area contributed by atoms with E-state index in [4.69, 9.17) is 0 Å². The first-order valence-corrected chi connectivity index (χ1v) is 5.24. The minimum absolute atomic E-state index is 0. The van der Waals surface area contributed by atoms with Gasteiger partial charge in [-0.2, -0.15) is 0 Å². The molecule has 0 aromatic carbocycles. The van der Waals surface area contributed by atoms with E-state index in [1.807, 2.05) is 7.05 Å². The van der Waals surface area contributed by atoms with Crippen molar-refractivity contribution in [2.24, 2.45) is 4.99 Å². The average Bonchev–Trinajstić information content (AvgIpc) is 2.22. The summed E-state index contributed by atoms with van der Waals surface area (Å²) < 4.78 is 0. The molecule has 92 valence electrons. The predicted octanol–water partition coefficient (Wildman–Crippen LogP) is 1.13. The fourth-order valence-electron chi connectivity index (χ4n) is 1.16. The van der Waals surface area contributed by atoms with Gasteiger partial charge in [-0.15, -0.1) is 24.0 Å². The Bertz CT molecular complexity index is 173. The van der Waals surface area contributed by atoms with Crippen molar-refractivity contribution in [2.45, 2.75) is 26.3 Å². The number of nitrogens with zero attached hydrogens (tertiary/aromatic N) is 2. The summed E-state index contributed by atoms with van der Waals surface area (Å²) in [7, 11) is 5.79. The maximum absolute atomic E-state index is 4.04. The molecule has 1 unspecified atom stereocenters. The summed E-state index contributed by atoms with van der Waals surface area (Å²) in [5.41, 5.74) is 0. The topological polar surface area (TPSA) is 39.7 Å². The first-order valence-electron chi connectivity index (χ1n) is 5.24. The number of halogens is 1. The van der Waals surface area contributed by atoms with E-state index < -0.39 is 0 Å². The summed E-state index contributed by atoms with van der Waals surface area (Å²) in [4.78, 5) is 6.39. The number of guanidine groups is 1. The summed E-state index contributed by atoms with van der Waals surface area (Å²) in [5, 5.41) is 6.22. The lowest BCUT2D eigenvalue weighted by molar-refractivity contribution is 0.256. The molecule has 0 aliphatic carbocycles. The first-order chi connectivity index (χ1) is 6.65. The molecule has 4 nitrogen and oxygen atoms in total. The third kappa shape index (κ3) is 7.84. The van der Waals surface area contributed by atoms with E-state index in [1.165, 1.54) is 6.42 Å². The second-order valence-corrected chi connectivity index (χ2v) is 3.49. The van der Waals surface area contributed by atoms with E-state index >= 15 is 0 Å². The summed E-state index contributed by atoms with van der Waals surface area (Å²) in [5.74, 6) is 0.850. The standard InChI is InChI=1S/C10H24N4.HI/c1-6-9(2)14(5)8-7-13-10(11-3)12-4;/h9H,6-8H2,1-5H3,(H2,11,12,13);1H. The Labute approximate surface area is 111 Å². The molecule has 5 heteroatoms. The van der Waals surface area contributed by atoms with Crippen molar-refractivity contribution in [3.63, 3.8) is 0 Å². The van der Waals surface area contributed by atoms with E-state index in [0.717, 1.165) is 19.0 Å². The molecule has 0 saturated heterocycles. The van der Waals surface area contributed by atoms with Crippen LogP contribution in [0.2, 0.25) is 0 Å². The van der Waals surface area contributed by atoms with Gasteiger partial charge in [-0.05, 0) is 20.4 Å². The number of hydrogen-bond acceptors (Lipinski definition) is 2. The second kappa shape index (κ2) is 10.5. The van der Waals surface area contributed by atoms with Crippen LogP contribution in [0.3, 0.4) is 0 Å². The Hall–Kier alpha value is -0.0400. The highest BCUT2D eigenvalue weighted by atomic mass is 127. The molecule has 15 heavy (non-hydrogen) atoms. The highest BCUT2D eigenvalue weighted by Gasteiger charge is 2.05. The summed E-state index contributed by atoms with van der Waals surface area (Å²) in [6, 6.07) is 0.647. The Kier molecular flexibility index (Phi) is 12.1. The van der Waals surface area contributed by atoms with Gasteiger partial charge in [0.05, 0.1) is 0 Å². The fourth-order valence-corrected chi connectivity index (χ4v) is 1.16. The minimum atomic E-state index is 0. The Morgan fingerprint density at radius 2 is 2.07 bits per heavy atom. The maximum atomic E-state index is 4.04. The fraction of sp³-hybridized carbons (Fsp3) is 0.900. The van der Waals surface area contributed by atoms with Crippen LogP contribution >= 0.6 is 24.0 Å². The van der Waals surface area contributed by atoms with Crippen LogP contribution in [0.15, 0.2) is 4.99 Å². The molecule has 0 amide bonds. The van der Waals surface area contributed by atoms with Crippen molar-refractivity contribution in [1.82, 2.24) is 15.5 Å². The number of hydrogen-bond donors (Lipinski definition) is 2. The lowest BCUT2D eigenvalue weighted by Crippen LogP contribution is -2.41. The number of rotatable bonds is 5. The van der Waals surface area contributed by atoms with Gasteiger partial charge in [0.25, 0.3) is 0 Å². The van der Waals surface area contributed by atoms with Gasteiger partial charge in [-0.3, -0.25) is 4.99 Å². The molecule has 0 bridgehead atoms. The monoisotopic (exact) mass is 328 g/mol. The van der Waals surface area contributed by atoms with E-state index in [2.05, 4.69) is 41.4 Å². The average molecular weight is 328 g/mol. The molecule has 0 saturated carbocycles. The molecule has 2 N–H and O–H groups in total. The van der Waals surface area contributed by atoms with Crippen molar-refractivity contribution in [3.8, 4) is 0 Å². The van der Waals surface area contributed by atoms with Gasteiger partial charge >= 0.3 is 0 Å². The molecule has 0 fully saturated rings. The molecular weight excluding hydrogens is 303 g/mol. The molecule has 0 aliphatic rings. The third-order valence-corrected chi connectivity index (χ3v) is 2.56. The predicted molar refractivity (Wildman–Crippen MR) is 78.2 cm³/mol. The van der Waals surface area contributed by atoms with E-state index in [0.29, 0.717) is 6.04 Å². The van der Waals surface area contributed by atoms with Crippen LogP contribution in [0.5, 0.6) is 0 Å². The van der Waals surface area contributed by atoms with Gasteiger partial charge in [-0.1, -0.05) is 6.92 Å². The van der Waals surface area contributed by atoms with E-state index in [-0.39, 0.29) is 24.0 Å². The molecule has 0 radical (unpaired) electrons. The van der Waals surface area contributed by atoms with Gasteiger partial charge in [0.2, 0.25) is 0 Å². The lowest BCUT2D eigenvalue weighted by Gasteiger charge is -2.23. The van der Waals surface area contributed by atoms with E-state index in [9.17, 15) is 0 Å². The first kappa shape index (κ1) is 17.4. The zero-order valence-corrected chi connectivity index (χ0v) is 12.8. The number of nitrogens with one attached hydrogen (secondary N) is 2. The van der Waals surface area contributed by atoms with Crippen molar-refractivity contribution in [1.29, 1.82) is 0 Å². The van der Waals surface area contributed by atoms with Crippen LogP contribution in [0.25, 0.3) is 0 Å². The Morgan fingerprint density at radius 3 is 2.47 bits per heavy atom. The van der Waals surface area contributed by atoms with Crippen LogP contribution in [-0.4, -0.2) is 51.1 Å². The highest BCUT2D eigenvalue weighted by molar-refractivity contribution is 14.0. The van der Waals surface area contributed by atoms with Gasteiger partial charge in [0, 0.05) is 33.2 Å². The lowest BCUT2D eigenvalue weighted by atomic mass is 10.2. The Balaban J connectivity index is 0. The smallest absolute Gasteiger partial charge is 0.190 e. The van der Waals surface area contributed by atoms with Gasteiger partial charge < -0.3 is 15.5 Å². The van der Waals surface area contributed by atoms with Crippen molar-refractivity contribution >= 4 is 29.9 Å². The van der Waals surface area contributed by atoms with Crippen LogP contribution in [0, 0.1) is 0 Å². The highest BCUT2D eigenvalue weighted by Crippen LogP contribution is 1.97. The van der Waals surface area contributed by atoms with E-state index in [1.54, 1.807) is 7.05 Å². The maximum Gasteiger partial charge on any atom is 0.190 e. The normalized spacial score (nSPS) is 13.3. The zero-order valence-electron chi connectivity index (χ0n) is 10.5. The molecule has 0 aromatic rings. The van der Waals surface area contributed by atoms with Gasteiger partial charge in [-0.25, -0.2) is 0 Å². The van der Waals surface area contributed by atoms with Gasteiger partial charge in [0.15, 0.2) is 5.96 Å². The van der Waals surface area contributed by atoms with Crippen LogP contribution in [-0.2, 0) is 0 Å². The quantitative estimate of drug-likeness (QED) is 0.452. The second-order valence-electron chi connectivity index (χ2n) is 3.49. The van der Waals surface area contributed by atoms with Crippen LogP contribution < -0.4 is 10.6 Å². The minimum Gasteiger partial charge on any atom is -0.359 e. The van der Waals surface area contributed by atoms with Crippen molar-refractivity contribution in [2.75, 3.05) is 34.2 Å². The molecule has 0 aliphatic heterocycles. The zero-order chi connectivity index (χ0) is 11.0. The SMILES string of the molecule is CCC(C)N(C)CCNC(=NC)NC.I. The number of aliphatic imine (C=N–C) groups is 1. The molecule has 0 rings (SSSR count). The van der Waals surface area contributed by atoms with Crippen LogP contribution in [0.1, 0.15) is 20.3 Å². The Morgan fingerprint density at radius 1 is 1.47 bits per heavy atom. The molecule has 0 spiro atoms. The molecule has 0 aromatic heterocycles. The van der Waals surface area contributed by atoms with Gasteiger partial charge in [0.1, 0.15) is 0 Å². The van der Waals surface area contributed by atoms with Crippen LogP contribution in [0.4, 0.5) is 0 Å². The molecule has 0 heterocycles.